The van der Waals surface area contributed by atoms with Crippen LogP contribution in [0.3, 0.4) is 0 Å². The average molecular weight is 247 g/mol. The van der Waals surface area contributed by atoms with Crippen molar-refractivity contribution in [3.63, 3.8) is 0 Å². The van der Waals surface area contributed by atoms with Crippen LogP contribution in [0.5, 0.6) is 0 Å². The molecule has 2 rings (SSSR count). The molecular formula is C13H17N3O2. The monoisotopic (exact) mass is 247 g/mol. The third-order valence-electron chi connectivity index (χ3n) is 3.26. The van der Waals surface area contributed by atoms with E-state index in [2.05, 4.69) is 5.32 Å². The largest absolute Gasteiger partial charge is 0.332 e. The predicted molar refractivity (Wildman–Crippen MR) is 72.0 cm³/mol. The van der Waals surface area contributed by atoms with Gasteiger partial charge in [0.05, 0.1) is 17.1 Å². The van der Waals surface area contributed by atoms with Gasteiger partial charge in [0.15, 0.2) is 0 Å². The molecule has 0 aliphatic rings. The fraction of sp³-hybridized carbons (Fsp3) is 0.385. The Bertz CT molecular complexity index is 712. The van der Waals surface area contributed by atoms with E-state index in [1.807, 2.05) is 19.1 Å². The number of nitrogens with one attached hydrogen (secondary N) is 1. The molecule has 96 valence electrons. The molecule has 1 aromatic heterocycles. The Kier molecular flexibility index (Phi) is 3.09. The number of aryl methyl sites for hydroxylation is 2. The lowest BCUT2D eigenvalue weighted by atomic mass is 10.1. The SMILES string of the molecule is CNC(C)n1c(=O)c2ccc(C)cc2n(C)c1=O. The lowest BCUT2D eigenvalue weighted by Gasteiger charge is -2.16. The molecule has 1 atom stereocenters. The molecule has 0 spiro atoms. The van der Waals surface area contributed by atoms with Gasteiger partial charge in [-0.05, 0) is 38.6 Å². The van der Waals surface area contributed by atoms with E-state index < -0.39 is 0 Å². The highest BCUT2D eigenvalue weighted by atomic mass is 16.2. The lowest BCUT2D eigenvalue weighted by Crippen LogP contribution is -2.44. The Morgan fingerprint density at radius 1 is 1.28 bits per heavy atom. The second-order valence-corrected chi connectivity index (χ2v) is 4.50. The first-order chi connectivity index (χ1) is 8.47. The lowest BCUT2D eigenvalue weighted by molar-refractivity contribution is 0.437. The highest BCUT2D eigenvalue weighted by Crippen LogP contribution is 2.10. The van der Waals surface area contributed by atoms with Gasteiger partial charge >= 0.3 is 5.69 Å². The molecule has 18 heavy (non-hydrogen) atoms. The molecule has 0 saturated heterocycles. The zero-order valence-electron chi connectivity index (χ0n) is 11.0. The molecule has 0 fully saturated rings. The molecule has 1 heterocycles. The fourth-order valence-corrected chi connectivity index (χ4v) is 2.05. The van der Waals surface area contributed by atoms with E-state index >= 15 is 0 Å². The Hall–Kier alpha value is -1.88. The normalized spacial score (nSPS) is 12.9. The van der Waals surface area contributed by atoms with Crippen LogP contribution in [-0.2, 0) is 7.05 Å². The summed E-state index contributed by atoms with van der Waals surface area (Å²) in [7, 11) is 3.40. The van der Waals surface area contributed by atoms with Crippen LogP contribution < -0.4 is 16.6 Å². The molecule has 0 bridgehead atoms. The first-order valence-electron chi connectivity index (χ1n) is 5.86. The Morgan fingerprint density at radius 2 is 1.94 bits per heavy atom. The summed E-state index contributed by atoms with van der Waals surface area (Å²) in [6.07, 6.45) is -0.332. The summed E-state index contributed by atoms with van der Waals surface area (Å²) in [6, 6.07) is 5.50. The van der Waals surface area contributed by atoms with Crippen LogP contribution >= 0.6 is 0 Å². The minimum atomic E-state index is -0.332. The summed E-state index contributed by atoms with van der Waals surface area (Å²) >= 11 is 0. The van der Waals surface area contributed by atoms with Gasteiger partial charge in [0.2, 0.25) is 0 Å². The van der Waals surface area contributed by atoms with Crippen LogP contribution in [0.2, 0.25) is 0 Å². The molecule has 0 radical (unpaired) electrons. The Morgan fingerprint density at radius 3 is 2.56 bits per heavy atom. The van der Waals surface area contributed by atoms with E-state index in [1.165, 1.54) is 9.13 Å². The van der Waals surface area contributed by atoms with Gasteiger partial charge < -0.3 is 5.32 Å². The number of aromatic nitrogens is 2. The van der Waals surface area contributed by atoms with E-state index in [9.17, 15) is 9.59 Å². The van der Waals surface area contributed by atoms with Crippen LogP contribution in [0.1, 0.15) is 18.7 Å². The third-order valence-corrected chi connectivity index (χ3v) is 3.26. The summed E-state index contributed by atoms with van der Waals surface area (Å²) in [4.78, 5) is 24.5. The molecule has 1 N–H and O–H groups in total. The summed E-state index contributed by atoms with van der Waals surface area (Å²) in [5.74, 6) is 0. The van der Waals surface area contributed by atoms with E-state index in [0.29, 0.717) is 10.9 Å². The Labute approximate surface area is 105 Å². The van der Waals surface area contributed by atoms with Gasteiger partial charge in [-0.3, -0.25) is 9.36 Å². The molecule has 1 aromatic carbocycles. The molecular weight excluding hydrogens is 230 g/mol. The highest BCUT2D eigenvalue weighted by molar-refractivity contribution is 5.78. The van der Waals surface area contributed by atoms with Crippen molar-refractivity contribution in [1.82, 2.24) is 14.5 Å². The number of benzene rings is 1. The molecule has 5 heteroatoms. The number of hydrogen-bond donors (Lipinski definition) is 1. The van der Waals surface area contributed by atoms with Crippen molar-refractivity contribution in [2.24, 2.45) is 7.05 Å². The van der Waals surface area contributed by atoms with Crippen molar-refractivity contribution in [2.75, 3.05) is 7.05 Å². The van der Waals surface area contributed by atoms with Gasteiger partial charge in [-0.25, -0.2) is 9.36 Å². The van der Waals surface area contributed by atoms with Crippen molar-refractivity contribution < 1.29 is 0 Å². The minimum absolute atomic E-state index is 0.255. The van der Waals surface area contributed by atoms with Gasteiger partial charge in [0.1, 0.15) is 0 Å². The third kappa shape index (κ3) is 1.76. The van der Waals surface area contributed by atoms with Gasteiger partial charge in [-0.15, -0.1) is 0 Å². The molecule has 1 unspecified atom stereocenters. The first-order valence-corrected chi connectivity index (χ1v) is 5.86. The first kappa shape index (κ1) is 12.6. The summed E-state index contributed by atoms with van der Waals surface area (Å²) in [5, 5.41) is 3.48. The number of hydrogen-bond acceptors (Lipinski definition) is 3. The number of rotatable bonds is 2. The van der Waals surface area contributed by atoms with E-state index in [1.54, 1.807) is 27.1 Å². The van der Waals surface area contributed by atoms with Crippen LogP contribution in [0.25, 0.3) is 10.9 Å². The zero-order valence-corrected chi connectivity index (χ0v) is 11.0. The minimum Gasteiger partial charge on any atom is -0.300 e. The fourth-order valence-electron chi connectivity index (χ4n) is 2.05. The maximum absolute atomic E-state index is 12.3. The number of fused-ring (bicyclic) bond motifs is 1. The zero-order chi connectivity index (χ0) is 13.4. The average Bonchev–Trinajstić information content (AvgIpc) is 2.35. The van der Waals surface area contributed by atoms with E-state index in [4.69, 9.17) is 0 Å². The van der Waals surface area contributed by atoms with Crippen LogP contribution in [-0.4, -0.2) is 16.2 Å². The van der Waals surface area contributed by atoms with Crippen molar-refractivity contribution in [3.8, 4) is 0 Å². The van der Waals surface area contributed by atoms with E-state index in [-0.39, 0.29) is 17.4 Å². The molecule has 0 aliphatic heterocycles. The van der Waals surface area contributed by atoms with Crippen molar-refractivity contribution in [3.05, 3.63) is 44.6 Å². The van der Waals surface area contributed by atoms with Crippen LogP contribution in [0, 0.1) is 6.92 Å². The van der Waals surface area contributed by atoms with Gasteiger partial charge in [0.25, 0.3) is 5.56 Å². The van der Waals surface area contributed by atoms with E-state index in [0.717, 1.165) is 5.56 Å². The van der Waals surface area contributed by atoms with Crippen LogP contribution in [0.4, 0.5) is 0 Å². The molecule has 0 saturated carbocycles. The summed E-state index contributed by atoms with van der Waals surface area (Å²) < 4.78 is 2.75. The summed E-state index contributed by atoms with van der Waals surface area (Å²) in [5.41, 5.74) is 1.13. The molecule has 0 amide bonds. The number of nitrogens with zero attached hydrogens (tertiary/aromatic N) is 2. The van der Waals surface area contributed by atoms with Crippen molar-refractivity contribution in [2.45, 2.75) is 20.0 Å². The maximum Gasteiger partial charge on any atom is 0.332 e. The Balaban J connectivity index is 2.97. The quantitative estimate of drug-likeness (QED) is 0.852. The topological polar surface area (TPSA) is 56.0 Å². The second-order valence-electron chi connectivity index (χ2n) is 4.50. The standard InChI is InChI=1S/C13H17N3O2/c1-8-5-6-10-11(7-8)15(4)13(18)16(12(10)17)9(2)14-3/h5-7,9,14H,1-4H3. The van der Waals surface area contributed by atoms with Gasteiger partial charge in [-0.1, -0.05) is 6.07 Å². The smallest absolute Gasteiger partial charge is 0.300 e. The maximum atomic E-state index is 12.3. The molecule has 5 nitrogen and oxygen atoms in total. The second kappa shape index (κ2) is 4.42. The van der Waals surface area contributed by atoms with Crippen molar-refractivity contribution >= 4 is 10.9 Å². The van der Waals surface area contributed by atoms with Crippen LogP contribution in [0.15, 0.2) is 27.8 Å². The molecule has 2 aromatic rings. The summed E-state index contributed by atoms with van der Waals surface area (Å²) in [6.45, 7) is 3.72. The van der Waals surface area contributed by atoms with Gasteiger partial charge in [-0.2, -0.15) is 0 Å². The highest BCUT2D eigenvalue weighted by Gasteiger charge is 2.14. The van der Waals surface area contributed by atoms with Crippen molar-refractivity contribution in [1.29, 1.82) is 0 Å². The predicted octanol–water partition coefficient (Wildman–Crippen LogP) is 0.747. The van der Waals surface area contributed by atoms with Gasteiger partial charge in [0, 0.05) is 7.05 Å². The molecule has 0 aliphatic carbocycles.